The van der Waals surface area contributed by atoms with Crippen molar-refractivity contribution in [1.29, 1.82) is 0 Å². The Morgan fingerprint density at radius 1 is 1.40 bits per heavy atom. The maximum absolute atomic E-state index is 12.1. The molecule has 20 heavy (non-hydrogen) atoms. The van der Waals surface area contributed by atoms with Crippen LogP contribution >= 0.6 is 0 Å². The maximum Gasteiger partial charge on any atom is 0.328 e. The van der Waals surface area contributed by atoms with Crippen molar-refractivity contribution in [3.05, 3.63) is 28.7 Å². The van der Waals surface area contributed by atoms with E-state index in [-0.39, 0.29) is 11.8 Å². The number of hydrogen-bond acceptors (Lipinski definition) is 3. The molecule has 1 aromatic carbocycles. The van der Waals surface area contributed by atoms with Crippen LogP contribution in [0.1, 0.15) is 19.8 Å². The topological polar surface area (TPSA) is 45.4 Å². The van der Waals surface area contributed by atoms with E-state index >= 15 is 0 Å². The first-order chi connectivity index (χ1) is 9.70. The van der Waals surface area contributed by atoms with Crippen LogP contribution in [-0.4, -0.2) is 28.5 Å². The monoisotopic (exact) mass is 276 g/mol. The van der Waals surface area contributed by atoms with Gasteiger partial charge in [-0.2, -0.15) is 0 Å². The zero-order valence-corrected chi connectivity index (χ0v) is 12.0. The number of benzene rings is 1. The van der Waals surface area contributed by atoms with E-state index in [1.165, 1.54) is 0 Å². The first-order valence-electron chi connectivity index (χ1n) is 7.14. The van der Waals surface area contributed by atoms with E-state index in [2.05, 4.69) is 0 Å². The zero-order chi connectivity index (χ0) is 14.1. The molecule has 0 saturated carbocycles. The minimum atomic E-state index is 0.0128. The van der Waals surface area contributed by atoms with Gasteiger partial charge in [0.15, 0.2) is 0 Å². The van der Waals surface area contributed by atoms with Crippen LogP contribution in [0.25, 0.3) is 11.0 Å². The summed E-state index contributed by atoms with van der Waals surface area (Å²) in [7, 11) is 1.79. The molecular formula is C15H20N2O3. The number of hydrogen-bond donors (Lipinski definition) is 0. The molecule has 1 aliphatic heterocycles. The van der Waals surface area contributed by atoms with E-state index < -0.39 is 0 Å². The molecular weight excluding hydrogens is 256 g/mol. The molecule has 1 aromatic heterocycles. The quantitative estimate of drug-likeness (QED) is 0.857. The number of imidazole rings is 1. The van der Waals surface area contributed by atoms with Gasteiger partial charge in [-0.25, -0.2) is 4.79 Å². The molecule has 108 valence electrons. The molecule has 0 aliphatic carbocycles. The fourth-order valence-corrected chi connectivity index (χ4v) is 2.75. The van der Waals surface area contributed by atoms with Crippen molar-refractivity contribution in [3.8, 4) is 5.75 Å². The molecule has 5 nitrogen and oxygen atoms in total. The average Bonchev–Trinajstić information content (AvgIpc) is 3.06. The Hall–Kier alpha value is -1.75. The van der Waals surface area contributed by atoms with Crippen LogP contribution in [0.4, 0.5) is 0 Å². The van der Waals surface area contributed by atoms with Gasteiger partial charge in [-0.05, 0) is 31.9 Å². The standard InChI is InChI=1S/C15H20N2O3/c1-3-17-13-7-6-11(9-14(13)16(2)15(17)18)20-10-12-5-4-8-19-12/h6-7,9,12H,3-5,8,10H2,1-2H3. The summed E-state index contributed by atoms with van der Waals surface area (Å²) in [6.45, 7) is 4.06. The molecule has 2 aromatic rings. The molecule has 0 amide bonds. The molecule has 2 heterocycles. The largest absolute Gasteiger partial charge is 0.491 e. The lowest BCUT2D eigenvalue weighted by molar-refractivity contribution is 0.0680. The summed E-state index contributed by atoms with van der Waals surface area (Å²) in [5.41, 5.74) is 1.87. The van der Waals surface area contributed by atoms with E-state index in [1.807, 2.05) is 25.1 Å². The minimum absolute atomic E-state index is 0.0128. The third-order valence-corrected chi connectivity index (χ3v) is 3.89. The molecule has 3 rings (SSSR count). The number of nitrogens with zero attached hydrogens (tertiary/aromatic N) is 2. The third kappa shape index (κ3) is 2.22. The first-order valence-corrected chi connectivity index (χ1v) is 7.14. The van der Waals surface area contributed by atoms with Crippen molar-refractivity contribution in [1.82, 2.24) is 9.13 Å². The van der Waals surface area contributed by atoms with Gasteiger partial charge in [0.05, 0.1) is 17.1 Å². The SMILES string of the molecule is CCn1c(=O)n(C)c2cc(OCC3CCCO3)ccc21. The lowest BCUT2D eigenvalue weighted by atomic mass is 10.2. The Morgan fingerprint density at radius 2 is 2.25 bits per heavy atom. The van der Waals surface area contributed by atoms with E-state index in [9.17, 15) is 4.79 Å². The second-order valence-corrected chi connectivity index (χ2v) is 5.18. The van der Waals surface area contributed by atoms with Crippen molar-refractivity contribution in [2.24, 2.45) is 7.05 Å². The highest BCUT2D eigenvalue weighted by atomic mass is 16.5. The summed E-state index contributed by atoms with van der Waals surface area (Å²) in [6.07, 6.45) is 2.38. The minimum Gasteiger partial charge on any atom is -0.491 e. The molecule has 1 saturated heterocycles. The van der Waals surface area contributed by atoms with Gasteiger partial charge in [0.1, 0.15) is 12.4 Å². The molecule has 1 unspecified atom stereocenters. The number of fused-ring (bicyclic) bond motifs is 1. The fourth-order valence-electron chi connectivity index (χ4n) is 2.75. The highest BCUT2D eigenvalue weighted by Gasteiger charge is 2.16. The summed E-state index contributed by atoms with van der Waals surface area (Å²) >= 11 is 0. The van der Waals surface area contributed by atoms with Crippen molar-refractivity contribution in [3.63, 3.8) is 0 Å². The highest BCUT2D eigenvalue weighted by Crippen LogP contribution is 2.21. The second-order valence-electron chi connectivity index (χ2n) is 5.18. The summed E-state index contributed by atoms with van der Waals surface area (Å²) in [5, 5.41) is 0. The van der Waals surface area contributed by atoms with Gasteiger partial charge in [0, 0.05) is 26.3 Å². The van der Waals surface area contributed by atoms with E-state index in [4.69, 9.17) is 9.47 Å². The van der Waals surface area contributed by atoms with Gasteiger partial charge in [0.2, 0.25) is 0 Å². The number of ether oxygens (including phenoxy) is 2. The lowest BCUT2D eigenvalue weighted by Crippen LogP contribution is -2.21. The Morgan fingerprint density at radius 3 is 2.95 bits per heavy atom. The van der Waals surface area contributed by atoms with Crippen molar-refractivity contribution in [2.75, 3.05) is 13.2 Å². The van der Waals surface area contributed by atoms with Crippen LogP contribution in [-0.2, 0) is 18.3 Å². The van der Waals surface area contributed by atoms with Gasteiger partial charge in [0.25, 0.3) is 0 Å². The summed E-state index contributed by atoms with van der Waals surface area (Å²) in [4.78, 5) is 12.1. The molecule has 1 atom stereocenters. The number of aromatic nitrogens is 2. The van der Waals surface area contributed by atoms with Crippen LogP contribution in [0.3, 0.4) is 0 Å². The normalized spacial score (nSPS) is 18.8. The summed E-state index contributed by atoms with van der Waals surface area (Å²) in [5.74, 6) is 0.789. The van der Waals surface area contributed by atoms with Crippen LogP contribution in [0.15, 0.2) is 23.0 Å². The van der Waals surface area contributed by atoms with E-state index in [1.54, 1.807) is 16.2 Å². The molecule has 0 bridgehead atoms. The van der Waals surface area contributed by atoms with Gasteiger partial charge in [-0.1, -0.05) is 0 Å². The molecule has 0 radical (unpaired) electrons. The van der Waals surface area contributed by atoms with Crippen molar-refractivity contribution >= 4 is 11.0 Å². The predicted molar refractivity (Wildman–Crippen MR) is 77.3 cm³/mol. The van der Waals surface area contributed by atoms with Gasteiger partial charge in [-0.3, -0.25) is 9.13 Å². The van der Waals surface area contributed by atoms with Gasteiger partial charge in [-0.15, -0.1) is 0 Å². The van der Waals surface area contributed by atoms with E-state index in [0.717, 1.165) is 36.2 Å². The second kappa shape index (κ2) is 5.32. The number of aryl methyl sites for hydroxylation is 2. The first kappa shape index (κ1) is 13.2. The molecule has 0 N–H and O–H groups in total. The lowest BCUT2D eigenvalue weighted by Gasteiger charge is -2.11. The van der Waals surface area contributed by atoms with Crippen LogP contribution < -0.4 is 10.4 Å². The maximum atomic E-state index is 12.1. The zero-order valence-electron chi connectivity index (χ0n) is 12.0. The van der Waals surface area contributed by atoms with Crippen LogP contribution in [0, 0.1) is 0 Å². The van der Waals surface area contributed by atoms with Crippen molar-refractivity contribution in [2.45, 2.75) is 32.4 Å². The fraction of sp³-hybridized carbons (Fsp3) is 0.533. The Balaban J connectivity index is 1.86. The summed E-state index contributed by atoms with van der Waals surface area (Å²) in [6, 6.07) is 5.80. The Kier molecular flexibility index (Phi) is 3.53. The average molecular weight is 276 g/mol. The number of rotatable bonds is 4. The molecule has 1 fully saturated rings. The smallest absolute Gasteiger partial charge is 0.328 e. The van der Waals surface area contributed by atoms with Gasteiger partial charge < -0.3 is 9.47 Å². The third-order valence-electron chi connectivity index (χ3n) is 3.89. The Labute approximate surface area is 117 Å². The molecule has 1 aliphatic rings. The highest BCUT2D eigenvalue weighted by molar-refractivity contribution is 5.77. The van der Waals surface area contributed by atoms with Crippen LogP contribution in [0.2, 0.25) is 0 Å². The van der Waals surface area contributed by atoms with E-state index in [0.29, 0.717) is 13.2 Å². The molecule has 5 heteroatoms. The Bertz CT molecular complexity index is 666. The summed E-state index contributed by atoms with van der Waals surface area (Å²) < 4.78 is 14.8. The van der Waals surface area contributed by atoms with Crippen LogP contribution in [0.5, 0.6) is 5.75 Å². The predicted octanol–water partition coefficient (Wildman–Crippen LogP) is 1.92. The van der Waals surface area contributed by atoms with Gasteiger partial charge >= 0.3 is 5.69 Å². The molecule has 0 spiro atoms. The van der Waals surface area contributed by atoms with Crippen molar-refractivity contribution < 1.29 is 9.47 Å².